The smallest absolute Gasteiger partial charge is 0.257 e. The number of amides is 1. The fourth-order valence-electron chi connectivity index (χ4n) is 2.05. The molecular formula is C16H17ClN2O3S. The van der Waals surface area contributed by atoms with E-state index >= 15 is 0 Å². The van der Waals surface area contributed by atoms with Gasteiger partial charge in [-0.3, -0.25) is 9.52 Å². The number of nitrogens with one attached hydrogen (secondary N) is 2. The Morgan fingerprint density at radius 2 is 1.83 bits per heavy atom. The SMILES string of the molecule is Cc1cccc(NC(=O)c2ccc(NS(C)(=O)=O)cc2Cl)c1C. The summed E-state index contributed by atoms with van der Waals surface area (Å²) in [6.45, 7) is 3.88. The lowest BCUT2D eigenvalue weighted by Crippen LogP contribution is -2.14. The molecule has 0 aliphatic rings. The van der Waals surface area contributed by atoms with Gasteiger partial charge in [0.2, 0.25) is 10.0 Å². The van der Waals surface area contributed by atoms with Crippen LogP contribution in [0.1, 0.15) is 21.5 Å². The van der Waals surface area contributed by atoms with Crippen molar-refractivity contribution in [2.75, 3.05) is 16.3 Å². The second-order valence-corrected chi connectivity index (χ2v) is 7.43. The maximum atomic E-state index is 12.4. The van der Waals surface area contributed by atoms with Crippen molar-refractivity contribution in [1.82, 2.24) is 0 Å². The Balaban J connectivity index is 2.25. The summed E-state index contributed by atoms with van der Waals surface area (Å²) in [5.74, 6) is -0.352. The van der Waals surface area contributed by atoms with Crippen LogP contribution in [0.4, 0.5) is 11.4 Å². The number of hydrogen-bond acceptors (Lipinski definition) is 3. The van der Waals surface area contributed by atoms with Crippen LogP contribution in [0, 0.1) is 13.8 Å². The zero-order valence-electron chi connectivity index (χ0n) is 13.0. The van der Waals surface area contributed by atoms with Crippen LogP contribution in [0.5, 0.6) is 0 Å². The standard InChI is InChI=1S/C16H17ClN2O3S/c1-10-5-4-6-15(11(10)2)18-16(20)13-8-7-12(9-14(13)17)19-23(3,21)22/h4-9,19H,1-3H3,(H,18,20). The predicted octanol–water partition coefficient (Wildman–Crippen LogP) is 3.58. The Labute approximate surface area is 140 Å². The minimum absolute atomic E-state index is 0.168. The molecule has 0 atom stereocenters. The predicted molar refractivity (Wildman–Crippen MR) is 93.8 cm³/mol. The highest BCUT2D eigenvalue weighted by Gasteiger charge is 2.13. The fourth-order valence-corrected chi connectivity index (χ4v) is 2.87. The molecule has 23 heavy (non-hydrogen) atoms. The highest BCUT2D eigenvalue weighted by Crippen LogP contribution is 2.24. The van der Waals surface area contributed by atoms with Gasteiger partial charge in [0.05, 0.1) is 16.8 Å². The number of carbonyl (C=O) groups is 1. The van der Waals surface area contributed by atoms with Gasteiger partial charge in [-0.25, -0.2) is 8.42 Å². The van der Waals surface area contributed by atoms with E-state index in [1.165, 1.54) is 18.2 Å². The van der Waals surface area contributed by atoms with E-state index in [0.717, 1.165) is 17.4 Å². The summed E-state index contributed by atoms with van der Waals surface area (Å²) in [6.07, 6.45) is 1.04. The van der Waals surface area contributed by atoms with E-state index in [9.17, 15) is 13.2 Å². The molecule has 0 saturated carbocycles. The van der Waals surface area contributed by atoms with Crippen LogP contribution in [0.3, 0.4) is 0 Å². The van der Waals surface area contributed by atoms with E-state index in [-0.39, 0.29) is 16.5 Å². The van der Waals surface area contributed by atoms with E-state index in [1.54, 1.807) is 0 Å². The largest absolute Gasteiger partial charge is 0.322 e. The van der Waals surface area contributed by atoms with Gasteiger partial charge in [-0.2, -0.15) is 0 Å². The Kier molecular flexibility index (Phi) is 4.97. The van der Waals surface area contributed by atoms with Crippen LogP contribution in [-0.4, -0.2) is 20.6 Å². The van der Waals surface area contributed by atoms with E-state index in [1.807, 2.05) is 32.0 Å². The molecule has 0 radical (unpaired) electrons. The van der Waals surface area contributed by atoms with E-state index in [4.69, 9.17) is 11.6 Å². The van der Waals surface area contributed by atoms with Crippen molar-refractivity contribution < 1.29 is 13.2 Å². The van der Waals surface area contributed by atoms with Crippen molar-refractivity contribution in [2.24, 2.45) is 0 Å². The van der Waals surface area contributed by atoms with Gasteiger partial charge in [0.25, 0.3) is 5.91 Å². The average Bonchev–Trinajstić information content (AvgIpc) is 2.42. The van der Waals surface area contributed by atoms with Crippen LogP contribution < -0.4 is 10.0 Å². The highest BCUT2D eigenvalue weighted by atomic mass is 35.5. The summed E-state index contributed by atoms with van der Waals surface area (Å²) in [6, 6.07) is 10.0. The molecular weight excluding hydrogens is 336 g/mol. The third kappa shape index (κ3) is 4.46. The Morgan fingerprint density at radius 1 is 1.13 bits per heavy atom. The molecule has 0 saturated heterocycles. The lowest BCUT2D eigenvalue weighted by molar-refractivity contribution is 0.102. The minimum Gasteiger partial charge on any atom is -0.322 e. The topological polar surface area (TPSA) is 75.3 Å². The third-order valence-corrected chi connectivity index (χ3v) is 4.29. The average molecular weight is 353 g/mol. The molecule has 0 fully saturated rings. The van der Waals surface area contributed by atoms with Crippen molar-refractivity contribution in [3.63, 3.8) is 0 Å². The highest BCUT2D eigenvalue weighted by molar-refractivity contribution is 7.92. The van der Waals surface area contributed by atoms with Crippen molar-refractivity contribution in [3.8, 4) is 0 Å². The number of benzene rings is 2. The lowest BCUT2D eigenvalue weighted by Gasteiger charge is -2.12. The normalized spacial score (nSPS) is 11.1. The molecule has 0 aliphatic carbocycles. The molecule has 2 rings (SSSR count). The Hall–Kier alpha value is -2.05. The van der Waals surface area contributed by atoms with Crippen LogP contribution in [0.15, 0.2) is 36.4 Å². The van der Waals surface area contributed by atoms with Gasteiger partial charge in [-0.1, -0.05) is 23.7 Å². The Morgan fingerprint density at radius 3 is 2.43 bits per heavy atom. The first-order valence-electron chi connectivity index (χ1n) is 6.82. The molecule has 1 amide bonds. The molecule has 7 heteroatoms. The minimum atomic E-state index is -3.40. The summed E-state index contributed by atoms with van der Waals surface area (Å²) in [5.41, 5.74) is 3.34. The van der Waals surface area contributed by atoms with Gasteiger partial charge >= 0.3 is 0 Å². The van der Waals surface area contributed by atoms with Crippen LogP contribution in [-0.2, 0) is 10.0 Å². The second kappa shape index (κ2) is 6.60. The third-order valence-electron chi connectivity index (χ3n) is 3.37. The number of anilines is 2. The van der Waals surface area contributed by atoms with Gasteiger partial charge in [-0.05, 0) is 49.2 Å². The van der Waals surface area contributed by atoms with Crippen molar-refractivity contribution in [1.29, 1.82) is 0 Å². The summed E-state index contributed by atoms with van der Waals surface area (Å²) in [4.78, 5) is 12.4. The monoisotopic (exact) mass is 352 g/mol. The van der Waals surface area contributed by atoms with Crippen molar-refractivity contribution >= 4 is 38.9 Å². The first kappa shape index (κ1) is 17.3. The summed E-state index contributed by atoms with van der Waals surface area (Å²) < 4.78 is 24.7. The molecule has 122 valence electrons. The molecule has 0 bridgehead atoms. The fraction of sp³-hybridized carbons (Fsp3) is 0.188. The first-order chi connectivity index (χ1) is 10.7. The summed E-state index contributed by atoms with van der Waals surface area (Å²) in [7, 11) is -3.40. The number of hydrogen-bond donors (Lipinski definition) is 2. The van der Waals surface area contributed by atoms with E-state index in [2.05, 4.69) is 10.0 Å². The quantitative estimate of drug-likeness (QED) is 0.883. The number of halogens is 1. The van der Waals surface area contributed by atoms with Gasteiger partial charge in [0.15, 0.2) is 0 Å². The van der Waals surface area contributed by atoms with Gasteiger partial charge < -0.3 is 5.32 Å². The van der Waals surface area contributed by atoms with Crippen LogP contribution >= 0.6 is 11.6 Å². The van der Waals surface area contributed by atoms with Crippen LogP contribution in [0.2, 0.25) is 5.02 Å². The molecule has 0 spiro atoms. The van der Waals surface area contributed by atoms with Crippen molar-refractivity contribution in [2.45, 2.75) is 13.8 Å². The summed E-state index contributed by atoms with van der Waals surface area (Å²) >= 11 is 6.09. The van der Waals surface area contributed by atoms with Gasteiger partial charge in [0.1, 0.15) is 0 Å². The van der Waals surface area contributed by atoms with Crippen molar-refractivity contribution in [3.05, 3.63) is 58.1 Å². The number of sulfonamides is 1. The molecule has 0 heterocycles. The van der Waals surface area contributed by atoms with E-state index < -0.39 is 10.0 Å². The van der Waals surface area contributed by atoms with Gasteiger partial charge in [-0.15, -0.1) is 0 Å². The maximum absolute atomic E-state index is 12.4. The Bertz CT molecular complexity index is 864. The molecule has 5 nitrogen and oxygen atoms in total. The number of aryl methyl sites for hydroxylation is 1. The van der Waals surface area contributed by atoms with Crippen LogP contribution in [0.25, 0.3) is 0 Å². The van der Waals surface area contributed by atoms with Gasteiger partial charge in [0, 0.05) is 11.4 Å². The second-order valence-electron chi connectivity index (χ2n) is 5.27. The van der Waals surface area contributed by atoms with E-state index in [0.29, 0.717) is 11.4 Å². The molecule has 2 N–H and O–H groups in total. The zero-order valence-corrected chi connectivity index (χ0v) is 14.5. The molecule has 2 aromatic carbocycles. The lowest BCUT2D eigenvalue weighted by atomic mass is 10.1. The molecule has 0 unspecified atom stereocenters. The molecule has 0 aromatic heterocycles. The first-order valence-corrected chi connectivity index (χ1v) is 9.09. The molecule has 2 aromatic rings. The molecule has 0 aliphatic heterocycles. The number of carbonyl (C=O) groups excluding carboxylic acids is 1. The number of rotatable bonds is 4. The maximum Gasteiger partial charge on any atom is 0.257 e. The summed E-state index contributed by atoms with van der Waals surface area (Å²) in [5, 5.41) is 2.98. The zero-order chi connectivity index (χ0) is 17.2.